The molecule has 1 heterocycles. The molecular formula is C32H43N3O6S. The number of para-hydroxylation sites is 1. The molecule has 3 rings (SSSR count). The van der Waals surface area contributed by atoms with Crippen LogP contribution in [0.4, 0.5) is 0 Å². The van der Waals surface area contributed by atoms with Gasteiger partial charge in [0.2, 0.25) is 5.91 Å². The Morgan fingerprint density at radius 2 is 1.50 bits per heavy atom. The van der Waals surface area contributed by atoms with Gasteiger partial charge in [0.15, 0.2) is 5.11 Å². The van der Waals surface area contributed by atoms with E-state index in [0.717, 1.165) is 25.0 Å². The first-order valence-corrected chi connectivity index (χ1v) is 15.3. The zero-order chi connectivity index (χ0) is 30.0. The van der Waals surface area contributed by atoms with Gasteiger partial charge < -0.3 is 24.4 Å². The van der Waals surface area contributed by atoms with Crippen molar-refractivity contribution < 1.29 is 28.6 Å². The van der Waals surface area contributed by atoms with Crippen molar-refractivity contribution in [1.29, 1.82) is 0 Å². The average Bonchev–Trinajstić information content (AvgIpc) is 3.00. The molecule has 0 radical (unpaired) electrons. The molecule has 2 aromatic carbocycles. The monoisotopic (exact) mass is 597 g/mol. The van der Waals surface area contributed by atoms with Gasteiger partial charge in [-0.2, -0.15) is 0 Å². The van der Waals surface area contributed by atoms with Gasteiger partial charge in [0.1, 0.15) is 30.8 Å². The number of rotatable bonds is 17. The van der Waals surface area contributed by atoms with Crippen LogP contribution in [0, 0.1) is 0 Å². The summed E-state index contributed by atoms with van der Waals surface area (Å²) >= 11 is 5.47. The van der Waals surface area contributed by atoms with E-state index in [1.807, 2.05) is 30.3 Å². The lowest BCUT2D eigenvalue weighted by atomic mass is 10.1. The SMILES string of the molecule is CCCCCCCCCCOC(=O)CC1C(=O)NCCN1C(=S)NC(=O)c1ccc(OCCOc2ccccc2)cc1. The predicted molar refractivity (Wildman–Crippen MR) is 166 cm³/mol. The number of unbranched alkanes of at least 4 members (excludes halogenated alkanes) is 7. The third-order valence-electron chi connectivity index (χ3n) is 6.91. The molecule has 228 valence electrons. The first-order chi connectivity index (χ1) is 20.5. The van der Waals surface area contributed by atoms with Crippen molar-refractivity contribution in [3.8, 4) is 11.5 Å². The van der Waals surface area contributed by atoms with E-state index in [9.17, 15) is 14.4 Å². The van der Waals surface area contributed by atoms with Gasteiger partial charge in [0.05, 0.1) is 13.0 Å². The van der Waals surface area contributed by atoms with Crippen LogP contribution in [0.1, 0.15) is 75.1 Å². The number of amides is 2. The predicted octanol–water partition coefficient (Wildman–Crippen LogP) is 5.03. The number of nitrogens with one attached hydrogen (secondary N) is 2. The molecule has 0 bridgehead atoms. The lowest BCUT2D eigenvalue weighted by molar-refractivity contribution is -0.147. The van der Waals surface area contributed by atoms with Crippen LogP contribution >= 0.6 is 12.2 Å². The second-order valence-electron chi connectivity index (χ2n) is 10.2. The fraction of sp³-hybridized carbons (Fsp3) is 0.500. The molecule has 1 fully saturated rings. The minimum Gasteiger partial charge on any atom is -0.490 e. The molecule has 1 aliphatic heterocycles. The first-order valence-electron chi connectivity index (χ1n) is 14.9. The number of hydrogen-bond acceptors (Lipinski definition) is 7. The van der Waals surface area contributed by atoms with Crippen molar-refractivity contribution in [2.24, 2.45) is 0 Å². The van der Waals surface area contributed by atoms with Crippen LogP contribution in [0.15, 0.2) is 54.6 Å². The van der Waals surface area contributed by atoms with Crippen molar-refractivity contribution in [3.05, 3.63) is 60.2 Å². The summed E-state index contributed by atoms with van der Waals surface area (Å²) in [6.45, 7) is 4.01. The molecule has 42 heavy (non-hydrogen) atoms. The van der Waals surface area contributed by atoms with Crippen molar-refractivity contribution in [3.63, 3.8) is 0 Å². The van der Waals surface area contributed by atoms with E-state index in [2.05, 4.69) is 17.6 Å². The summed E-state index contributed by atoms with van der Waals surface area (Å²) in [4.78, 5) is 39.5. The van der Waals surface area contributed by atoms with Crippen molar-refractivity contribution in [2.45, 2.75) is 70.8 Å². The molecule has 1 atom stereocenters. The second kappa shape index (κ2) is 18.7. The maximum atomic E-state index is 12.9. The zero-order valence-electron chi connectivity index (χ0n) is 24.5. The smallest absolute Gasteiger partial charge is 0.308 e. The van der Waals surface area contributed by atoms with E-state index in [-0.39, 0.29) is 17.4 Å². The number of carbonyl (C=O) groups excluding carboxylic acids is 3. The number of piperazine rings is 1. The topological polar surface area (TPSA) is 106 Å². The first kappa shape index (κ1) is 32.8. The van der Waals surface area contributed by atoms with Crippen LogP contribution in [0.3, 0.4) is 0 Å². The lowest BCUT2D eigenvalue weighted by Crippen LogP contribution is -2.60. The maximum absolute atomic E-state index is 12.9. The van der Waals surface area contributed by atoms with E-state index >= 15 is 0 Å². The Kier molecular flexibility index (Phi) is 14.6. The fourth-order valence-corrected chi connectivity index (χ4v) is 4.89. The van der Waals surface area contributed by atoms with E-state index in [1.54, 1.807) is 29.2 Å². The number of benzene rings is 2. The molecular weight excluding hydrogens is 554 g/mol. The standard InChI is InChI=1S/C32H43N3O6S/c1-2-3-4-5-6-7-8-12-21-41-29(36)24-28-31(38)33-19-20-35(28)32(42)34-30(37)25-15-17-27(18-16-25)40-23-22-39-26-13-10-9-11-14-26/h9-11,13-18,28H,2-8,12,19-24H2,1H3,(H,33,38)(H,34,37,42). The molecule has 0 aliphatic carbocycles. The van der Waals surface area contributed by atoms with E-state index in [0.29, 0.717) is 44.2 Å². The third-order valence-corrected chi connectivity index (χ3v) is 7.25. The number of esters is 1. The van der Waals surface area contributed by atoms with Gasteiger partial charge in [-0.3, -0.25) is 19.7 Å². The summed E-state index contributed by atoms with van der Waals surface area (Å²) in [6, 6.07) is 15.3. The highest BCUT2D eigenvalue weighted by molar-refractivity contribution is 7.80. The van der Waals surface area contributed by atoms with E-state index in [4.69, 9.17) is 26.4 Å². The highest BCUT2D eigenvalue weighted by atomic mass is 32.1. The highest BCUT2D eigenvalue weighted by Gasteiger charge is 2.34. The summed E-state index contributed by atoms with van der Waals surface area (Å²) in [5, 5.41) is 5.55. The van der Waals surface area contributed by atoms with Crippen LogP contribution in [0.25, 0.3) is 0 Å². The van der Waals surface area contributed by atoms with Gasteiger partial charge in [-0.05, 0) is 55.0 Å². The van der Waals surface area contributed by atoms with Gasteiger partial charge in [0, 0.05) is 18.7 Å². The largest absolute Gasteiger partial charge is 0.490 e. The Morgan fingerprint density at radius 1 is 0.881 bits per heavy atom. The van der Waals surface area contributed by atoms with Crippen molar-refractivity contribution in [1.82, 2.24) is 15.5 Å². The quantitative estimate of drug-likeness (QED) is 0.149. The maximum Gasteiger partial charge on any atom is 0.308 e. The van der Waals surface area contributed by atoms with Crippen molar-refractivity contribution >= 4 is 35.1 Å². The molecule has 1 unspecified atom stereocenters. The van der Waals surface area contributed by atoms with Crippen LogP contribution in [0.5, 0.6) is 11.5 Å². The molecule has 9 nitrogen and oxygen atoms in total. The van der Waals surface area contributed by atoms with Gasteiger partial charge in [0.25, 0.3) is 5.91 Å². The normalized spacial score (nSPS) is 14.5. The van der Waals surface area contributed by atoms with Crippen LogP contribution in [-0.2, 0) is 14.3 Å². The average molecular weight is 598 g/mol. The molecule has 10 heteroatoms. The lowest BCUT2D eigenvalue weighted by Gasteiger charge is -2.36. The molecule has 0 saturated carbocycles. The summed E-state index contributed by atoms with van der Waals surface area (Å²) < 4.78 is 16.7. The molecule has 2 aromatic rings. The Morgan fingerprint density at radius 3 is 2.17 bits per heavy atom. The fourth-order valence-electron chi connectivity index (χ4n) is 4.58. The number of hydrogen-bond donors (Lipinski definition) is 2. The van der Waals surface area contributed by atoms with E-state index < -0.39 is 17.9 Å². The number of thiocarbonyl (C=S) groups is 1. The number of nitrogens with zero attached hydrogens (tertiary/aromatic N) is 1. The zero-order valence-corrected chi connectivity index (χ0v) is 25.3. The summed E-state index contributed by atoms with van der Waals surface area (Å²) in [6.07, 6.45) is 9.07. The van der Waals surface area contributed by atoms with Gasteiger partial charge in [-0.15, -0.1) is 0 Å². The number of ether oxygens (including phenoxy) is 3. The Hall–Kier alpha value is -3.66. The highest BCUT2D eigenvalue weighted by Crippen LogP contribution is 2.15. The van der Waals surface area contributed by atoms with Gasteiger partial charge in [-0.1, -0.05) is 70.1 Å². The summed E-state index contributed by atoms with van der Waals surface area (Å²) in [5.41, 5.74) is 0.382. The molecule has 2 amide bonds. The van der Waals surface area contributed by atoms with Gasteiger partial charge in [-0.25, -0.2) is 0 Å². The molecule has 1 aliphatic rings. The summed E-state index contributed by atoms with van der Waals surface area (Å²) in [5.74, 6) is 0.182. The van der Waals surface area contributed by atoms with Crippen LogP contribution in [0.2, 0.25) is 0 Å². The Labute approximate surface area is 254 Å². The summed E-state index contributed by atoms with van der Waals surface area (Å²) in [7, 11) is 0. The second-order valence-corrected chi connectivity index (χ2v) is 10.6. The van der Waals surface area contributed by atoms with Crippen LogP contribution < -0.4 is 20.1 Å². The molecule has 1 saturated heterocycles. The Bertz CT molecular complexity index is 1130. The molecule has 0 spiro atoms. The van der Waals surface area contributed by atoms with Gasteiger partial charge >= 0.3 is 5.97 Å². The minimum absolute atomic E-state index is 0.0918. The van der Waals surface area contributed by atoms with Crippen molar-refractivity contribution in [2.75, 3.05) is 32.9 Å². The van der Waals surface area contributed by atoms with Crippen LogP contribution in [-0.4, -0.2) is 66.7 Å². The number of carbonyl (C=O) groups is 3. The Balaban J connectivity index is 1.39. The minimum atomic E-state index is -0.841. The third kappa shape index (κ3) is 11.7. The molecule has 2 N–H and O–H groups in total. The van der Waals surface area contributed by atoms with E-state index in [1.165, 1.54) is 32.1 Å². The molecule has 0 aromatic heterocycles.